The molecule has 1 heterocycles. The van der Waals surface area contributed by atoms with E-state index in [1.165, 1.54) is 6.08 Å². The third-order valence-corrected chi connectivity index (χ3v) is 4.17. The van der Waals surface area contributed by atoms with Crippen LogP contribution in [-0.4, -0.2) is 29.8 Å². The van der Waals surface area contributed by atoms with Crippen molar-refractivity contribution in [2.45, 2.75) is 19.5 Å². The fourth-order valence-electron chi connectivity index (χ4n) is 2.10. The van der Waals surface area contributed by atoms with E-state index in [0.717, 1.165) is 10.4 Å². The Hall–Kier alpha value is -2.40. The maximum atomic E-state index is 12.3. The number of hydrogen-bond donors (Lipinski definition) is 1. The largest absolute Gasteiger partial charge is 0.341 e. The molecule has 0 spiro atoms. The first kappa shape index (κ1) is 17.0. The van der Waals surface area contributed by atoms with Crippen molar-refractivity contribution in [1.29, 1.82) is 0 Å². The average molecular weight is 328 g/mol. The summed E-state index contributed by atoms with van der Waals surface area (Å²) in [6.45, 7) is 2.25. The Morgan fingerprint density at radius 1 is 1.22 bits per heavy atom. The SMILES string of the molecule is CC(NC(=O)/C=C/c1ccccc1)C(=O)N(C)Cc1cccs1. The molecule has 0 aliphatic heterocycles. The number of thiophene rings is 1. The van der Waals surface area contributed by atoms with E-state index in [0.29, 0.717) is 6.54 Å². The molecule has 5 heteroatoms. The van der Waals surface area contributed by atoms with Crippen LogP contribution >= 0.6 is 11.3 Å². The monoisotopic (exact) mass is 328 g/mol. The first-order chi connectivity index (χ1) is 11.1. The Labute approximate surface area is 140 Å². The number of amides is 2. The molecule has 0 saturated heterocycles. The summed E-state index contributed by atoms with van der Waals surface area (Å²) in [6.07, 6.45) is 3.17. The summed E-state index contributed by atoms with van der Waals surface area (Å²) >= 11 is 1.61. The smallest absolute Gasteiger partial charge is 0.244 e. The Morgan fingerprint density at radius 2 is 1.96 bits per heavy atom. The molecule has 0 aliphatic carbocycles. The van der Waals surface area contributed by atoms with Gasteiger partial charge in [-0.15, -0.1) is 11.3 Å². The van der Waals surface area contributed by atoms with Crippen molar-refractivity contribution in [3.8, 4) is 0 Å². The van der Waals surface area contributed by atoms with Crippen molar-refractivity contribution in [3.63, 3.8) is 0 Å². The second-order valence-corrected chi connectivity index (χ2v) is 6.28. The highest BCUT2D eigenvalue weighted by Crippen LogP contribution is 2.11. The molecular weight excluding hydrogens is 308 g/mol. The summed E-state index contributed by atoms with van der Waals surface area (Å²) in [5, 5.41) is 4.68. The van der Waals surface area contributed by atoms with E-state index in [1.54, 1.807) is 36.3 Å². The van der Waals surface area contributed by atoms with Gasteiger partial charge >= 0.3 is 0 Å². The molecule has 1 atom stereocenters. The third-order valence-electron chi connectivity index (χ3n) is 3.31. The summed E-state index contributed by atoms with van der Waals surface area (Å²) in [5.74, 6) is -0.390. The number of carbonyl (C=O) groups excluding carboxylic acids is 2. The minimum absolute atomic E-state index is 0.111. The first-order valence-electron chi connectivity index (χ1n) is 7.37. The second kappa shape index (κ2) is 8.29. The Kier molecular flexibility index (Phi) is 6.11. The van der Waals surface area contributed by atoms with Gasteiger partial charge in [0.25, 0.3) is 0 Å². The zero-order valence-corrected chi connectivity index (χ0v) is 14.0. The van der Waals surface area contributed by atoms with Crippen molar-refractivity contribution in [2.24, 2.45) is 0 Å². The summed E-state index contributed by atoms with van der Waals surface area (Å²) in [4.78, 5) is 26.9. The van der Waals surface area contributed by atoms with Crippen LogP contribution in [0.15, 0.2) is 53.9 Å². The molecular formula is C18H20N2O2S. The van der Waals surface area contributed by atoms with Gasteiger partial charge in [0.1, 0.15) is 6.04 Å². The molecule has 2 rings (SSSR count). The fraction of sp³-hybridized carbons (Fsp3) is 0.222. The van der Waals surface area contributed by atoms with E-state index in [-0.39, 0.29) is 11.8 Å². The summed E-state index contributed by atoms with van der Waals surface area (Å²) in [5.41, 5.74) is 0.941. The lowest BCUT2D eigenvalue weighted by Gasteiger charge is -2.21. The van der Waals surface area contributed by atoms with Gasteiger partial charge in [0.2, 0.25) is 11.8 Å². The predicted octanol–water partition coefficient (Wildman–Crippen LogP) is 2.92. The molecule has 23 heavy (non-hydrogen) atoms. The molecule has 2 aromatic rings. The van der Waals surface area contributed by atoms with Gasteiger partial charge in [0.15, 0.2) is 0 Å². The Balaban J connectivity index is 1.85. The first-order valence-corrected chi connectivity index (χ1v) is 8.25. The summed E-state index contributed by atoms with van der Waals surface area (Å²) < 4.78 is 0. The molecule has 0 aliphatic rings. The van der Waals surface area contributed by atoms with Crippen LogP contribution < -0.4 is 5.32 Å². The van der Waals surface area contributed by atoms with Crippen molar-refractivity contribution < 1.29 is 9.59 Å². The molecule has 1 N–H and O–H groups in total. The van der Waals surface area contributed by atoms with E-state index >= 15 is 0 Å². The van der Waals surface area contributed by atoms with Crippen LogP contribution in [-0.2, 0) is 16.1 Å². The molecule has 1 unspecified atom stereocenters. The maximum absolute atomic E-state index is 12.3. The van der Waals surface area contributed by atoms with Crippen LogP contribution in [0.4, 0.5) is 0 Å². The van der Waals surface area contributed by atoms with Crippen LogP contribution in [0.5, 0.6) is 0 Å². The highest BCUT2D eigenvalue weighted by atomic mass is 32.1. The van der Waals surface area contributed by atoms with Gasteiger partial charge in [-0.25, -0.2) is 0 Å². The summed E-state index contributed by atoms with van der Waals surface area (Å²) in [7, 11) is 1.74. The molecule has 0 fully saturated rings. The van der Waals surface area contributed by atoms with E-state index in [9.17, 15) is 9.59 Å². The quantitative estimate of drug-likeness (QED) is 0.829. The van der Waals surface area contributed by atoms with Crippen molar-refractivity contribution in [2.75, 3.05) is 7.05 Å². The molecule has 2 amide bonds. The number of nitrogens with zero attached hydrogens (tertiary/aromatic N) is 1. The standard InChI is InChI=1S/C18H20N2O2S/c1-14(18(22)20(2)13-16-9-6-12-23-16)19-17(21)11-10-15-7-4-3-5-8-15/h3-12,14H,13H2,1-2H3,(H,19,21)/b11-10+. The van der Waals surface area contributed by atoms with Gasteiger partial charge in [-0.1, -0.05) is 36.4 Å². The molecule has 1 aromatic carbocycles. The Morgan fingerprint density at radius 3 is 2.61 bits per heavy atom. The van der Waals surface area contributed by atoms with E-state index in [2.05, 4.69) is 5.32 Å². The molecule has 4 nitrogen and oxygen atoms in total. The molecule has 0 saturated carbocycles. The zero-order chi connectivity index (χ0) is 16.7. The summed E-state index contributed by atoms with van der Waals surface area (Å²) in [6, 6.07) is 12.9. The number of carbonyl (C=O) groups is 2. The number of likely N-dealkylation sites (N-methyl/N-ethyl adjacent to an activating group) is 1. The number of hydrogen-bond acceptors (Lipinski definition) is 3. The highest BCUT2D eigenvalue weighted by molar-refractivity contribution is 7.09. The zero-order valence-electron chi connectivity index (χ0n) is 13.2. The van der Waals surface area contributed by atoms with Crippen molar-refractivity contribution in [1.82, 2.24) is 10.2 Å². The van der Waals surface area contributed by atoms with Gasteiger partial charge in [-0.05, 0) is 30.0 Å². The lowest BCUT2D eigenvalue weighted by Crippen LogP contribution is -2.44. The topological polar surface area (TPSA) is 49.4 Å². The van der Waals surface area contributed by atoms with Crippen LogP contribution in [0.25, 0.3) is 6.08 Å². The van der Waals surface area contributed by atoms with Crippen LogP contribution in [0.3, 0.4) is 0 Å². The maximum Gasteiger partial charge on any atom is 0.244 e. The molecule has 1 aromatic heterocycles. The van der Waals surface area contributed by atoms with Gasteiger partial charge in [0, 0.05) is 18.0 Å². The van der Waals surface area contributed by atoms with Crippen LogP contribution in [0, 0.1) is 0 Å². The van der Waals surface area contributed by atoms with Crippen molar-refractivity contribution >= 4 is 29.2 Å². The predicted molar refractivity (Wildman–Crippen MR) is 93.9 cm³/mol. The van der Waals surface area contributed by atoms with E-state index < -0.39 is 6.04 Å². The van der Waals surface area contributed by atoms with Gasteiger partial charge < -0.3 is 10.2 Å². The van der Waals surface area contributed by atoms with Gasteiger partial charge in [-0.3, -0.25) is 9.59 Å². The van der Waals surface area contributed by atoms with E-state index in [4.69, 9.17) is 0 Å². The number of nitrogens with one attached hydrogen (secondary N) is 1. The number of rotatable bonds is 6. The van der Waals surface area contributed by atoms with Crippen LogP contribution in [0.1, 0.15) is 17.4 Å². The minimum atomic E-state index is -0.562. The average Bonchev–Trinajstić information content (AvgIpc) is 3.06. The lowest BCUT2D eigenvalue weighted by molar-refractivity contribution is -0.134. The molecule has 120 valence electrons. The normalized spacial score (nSPS) is 12.1. The minimum Gasteiger partial charge on any atom is -0.341 e. The van der Waals surface area contributed by atoms with Crippen LogP contribution in [0.2, 0.25) is 0 Å². The van der Waals surface area contributed by atoms with Crippen molar-refractivity contribution in [3.05, 3.63) is 64.4 Å². The fourth-order valence-corrected chi connectivity index (χ4v) is 2.86. The van der Waals surface area contributed by atoms with E-state index in [1.807, 2.05) is 47.8 Å². The Bertz CT molecular complexity index is 666. The molecule has 0 radical (unpaired) electrons. The lowest BCUT2D eigenvalue weighted by atomic mass is 10.2. The molecule has 0 bridgehead atoms. The number of benzene rings is 1. The van der Waals surface area contributed by atoms with Gasteiger partial charge in [0.05, 0.1) is 6.54 Å². The van der Waals surface area contributed by atoms with Gasteiger partial charge in [-0.2, -0.15) is 0 Å². The highest BCUT2D eigenvalue weighted by Gasteiger charge is 2.18. The third kappa shape index (κ3) is 5.38. The second-order valence-electron chi connectivity index (χ2n) is 5.25.